The molecule has 16 nitrogen and oxygen atoms in total. The SMILES string of the molecule is COC(=O)N[C@H](C(=O)N1CCC[C@H]1c1nc2cc([C@H]3CC[C@H](c4ccc5nc([C@@H]6CCCN6C(=O)[C@@H](OC(N)=O)C(C)C)[nH]c5c4)N3c3ccc(C#N)cc3)ccc2[nH]1)C(C)C. The average Bonchev–Trinajstić information content (AvgIpc) is 4.12. The van der Waals surface area contributed by atoms with Crippen LogP contribution in [-0.4, -0.2) is 86.1 Å². The Morgan fingerprint density at radius 1 is 0.758 bits per heavy atom. The number of aromatic amines is 2. The highest BCUT2D eigenvalue weighted by Crippen LogP contribution is 2.48. The molecule has 3 saturated heterocycles. The Labute approximate surface area is 360 Å². The molecule has 0 radical (unpaired) electrons. The molecular formula is C46H54N10O6. The second-order valence-electron chi connectivity index (χ2n) is 17.3. The summed E-state index contributed by atoms with van der Waals surface area (Å²) in [6.45, 7) is 8.55. The second-order valence-corrected chi connectivity index (χ2v) is 17.3. The average molecular weight is 843 g/mol. The van der Waals surface area contributed by atoms with E-state index in [1.54, 1.807) is 4.90 Å². The van der Waals surface area contributed by atoms with E-state index in [1.807, 2.05) is 62.9 Å². The van der Waals surface area contributed by atoms with Gasteiger partial charge in [-0.15, -0.1) is 0 Å². The third-order valence-corrected chi connectivity index (χ3v) is 12.7. The molecule has 62 heavy (non-hydrogen) atoms. The summed E-state index contributed by atoms with van der Waals surface area (Å²) in [6.07, 6.45) is 2.22. The number of hydrogen-bond donors (Lipinski definition) is 4. The first kappa shape index (κ1) is 42.1. The van der Waals surface area contributed by atoms with Gasteiger partial charge in [-0.2, -0.15) is 5.26 Å². The maximum atomic E-state index is 13.8. The van der Waals surface area contributed by atoms with E-state index in [9.17, 15) is 24.4 Å². The molecule has 5 N–H and O–H groups in total. The van der Waals surface area contributed by atoms with Gasteiger partial charge >= 0.3 is 12.2 Å². The number of carbonyl (C=O) groups is 4. The molecule has 16 heteroatoms. The van der Waals surface area contributed by atoms with Gasteiger partial charge in [0.1, 0.15) is 17.7 Å². The van der Waals surface area contributed by atoms with Crippen molar-refractivity contribution in [2.24, 2.45) is 17.6 Å². The van der Waals surface area contributed by atoms with E-state index in [-0.39, 0.29) is 47.8 Å². The van der Waals surface area contributed by atoms with E-state index in [2.05, 4.69) is 56.6 Å². The van der Waals surface area contributed by atoms with Crippen LogP contribution in [0.5, 0.6) is 0 Å². The normalized spacial score (nSPS) is 21.2. The zero-order chi connectivity index (χ0) is 43.8. The molecule has 0 saturated carbocycles. The van der Waals surface area contributed by atoms with Crippen molar-refractivity contribution in [3.05, 3.63) is 89.0 Å². The lowest BCUT2D eigenvalue weighted by Crippen LogP contribution is -2.51. The Hall–Kier alpha value is -6.63. The van der Waals surface area contributed by atoms with Crippen LogP contribution in [0.15, 0.2) is 60.7 Å². The lowest BCUT2D eigenvalue weighted by atomic mass is 10.0. The van der Waals surface area contributed by atoms with Gasteiger partial charge in [-0.05, 0) is 110 Å². The summed E-state index contributed by atoms with van der Waals surface area (Å²) in [6, 6.07) is 21.3. The molecule has 5 aromatic rings. The Balaban J connectivity index is 1.07. The smallest absolute Gasteiger partial charge is 0.407 e. The molecule has 2 aromatic heterocycles. The van der Waals surface area contributed by atoms with E-state index in [0.717, 1.165) is 77.4 Å². The maximum Gasteiger partial charge on any atom is 0.407 e. The zero-order valence-corrected chi connectivity index (χ0v) is 35.8. The van der Waals surface area contributed by atoms with Crippen LogP contribution in [0.3, 0.4) is 0 Å². The number of rotatable bonds is 11. The van der Waals surface area contributed by atoms with Crippen LogP contribution in [0.25, 0.3) is 22.1 Å². The van der Waals surface area contributed by atoms with Gasteiger partial charge in [0.15, 0.2) is 6.10 Å². The van der Waals surface area contributed by atoms with E-state index < -0.39 is 24.3 Å². The number of methoxy groups -OCH3 is 1. The molecule has 0 unspecified atom stereocenters. The monoisotopic (exact) mass is 842 g/mol. The van der Waals surface area contributed by atoms with Gasteiger partial charge in [-0.3, -0.25) is 9.59 Å². The van der Waals surface area contributed by atoms with Crippen LogP contribution in [-0.2, 0) is 19.1 Å². The number of nitrogens with zero attached hydrogens (tertiary/aromatic N) is 6. The van der Waals surface area contributed by atoms with Crippen molar-refractivity contribution in [3.8, 4) is 6.07 Å². The Morgan fingerprint density at radius 2 is 1.35 bits per heavy atom. The summed E-state index contributed by atoms with van der Waals surface area (Å²) in [5, 5.41) is 12.3. The van der Waals surface area contributed by atoms with Crippen LogP contribution < -0.4 is 16.0 Å². The highest BCUT2D eigenvalue weighted by atomic mass is 16.6. The lowest BCUT2D eigenvalue weighted by molar-refractivity contribution is -0.143. The van der Waals surface area contributed by atoms with Gasteiger partial charge in [0.25, 0.3) is 5.91 Å². The van der Waals surface area contributed by atoms with Crippen LogP contribution in [0.4, 0.5) is 15.3 Å². The predicted octanol–water partition coefficient (Wildman–Crippen LogP) is 7.22. The Bertz CT molecular complexity index is 2520. The number of primary amides is 1. The highest BCUT2D eigenvalue weighted by molar-refractivity contribution is 5.87. The minimum Gasteiger partial charge on any atom is -0.453 e. The predicted molar refractivity (Wildman–Crippen MR) is 231 cm³/mol. The minimum atomic E-state index is -0.974. The van der Waals surface area contributed by atoms with Gasteiger partial charge in [0, 0.05) is 18.8 Å². The standard InChI is InChI=1S/C46H54N10O6/c1-25(2)39(53-46(60)61-5)43(57)54-20-6-8-37(54)41-49-31-16-12-28(22-33(31)51-41)35-18-19-36(56(35)30-14-10-27(24-47)11-15-30)29-13-17-32-34(23-29)52-42(50-32)38-9-7-21-55(38)44(58)40(26(3)4)62-45(48)59/h10-17,22-23,25-26,35-40H,6-9,18-21H2,1-5H3,(H2,48,59)(H,49,51)(H,50,52)(H,53,60)/t35-,36-,37+,38+,39+,40+/m1/s1. The summed E-state index contributed by atoms with van der Waals surface area (Å²) < 4.78 is 10.1. The molecule has 4 amide bonds. The third-order valence-electron chi connectivity index (χ3n) is 12.7. The minimum absolute atomic E-state index is 0.0117. The molecule has 3 aliphatic heterocycles. The first-order valence-electron chi connectivity index (χ1n) is 21.5. The quantitative estimate of drug-likeness (QED) is 0.105. The second kappa shape index (κ2) is 17.4. The first-order chi connectivity index (χ1) is 29.8. The number of imidazole rings is 2. The first-order valence-corrected chi connectivity index (χ1v) is 21.5. The number of anilines is 1. The van der Waals surface area contributed by atoms with E-state index >= 15 is 0 Å². The van der Waals surface area contributed by atoms with Crippen molar-refractivity contribution in [2.45, 2.75) is 103 Å². The van der Waals surface area contributed by atoms with Crippen molar-refractivity contribution in [1.82, 2.24) is 35.1 Å². The summed E-state index contributed by atoms with van der Waals surface area (Å²) in [5.41, 5.74) is 12.4. The number of H-pyrrole nitrogens is 2. The lowest BCUT2D eigenvalue weighted by Gasteiger charge is -2.33. The highest BCUT2D eigenvalue weighted by Gasteiger charge is 2.41. The van der Waals surface area contributed by atoms with E-state index in [4.69, 9.17) is 25.2 Å². The van der Waals surface area contributed by atoms with Gasteiger partial charge in [0.05, 0.1) is 65.0 Å². The summed E-state index contributed by atoms with van der Waals surface area (Å²) >= 11 is 0. The Morgan fingerprint density at radius 3 is 1.95 bits per heavy atom. The number of carbonyl (C=O) groups excluding carboxylic acids is 4. The molecule has 3 aromatic carbocycles. The topological polar surface area (TPSA) is 216 Å². The molecule has 3 aliphatic rings. The molecule has 6 atom stereocenters. The molecule has 0 aliphatic carbocycles. The van der Waals surface area contributed by atoms with E-state index in [1.165, 1.54) is 7.11 Å². The van der Waals surface area contributed by atoms with Crippen molar-refractivity contribution in [1.29, 1.82) is 5.26 Å². The Kier molecular flexibility index (Phi) is 11.8. The van der Waals surface area contributed by atoms with Crippen molar-refractivity contribution in [3.63, 3.8) is 0 Å². The van der Waals surface area contributed by atoms with Crippen molar-refractivity contribution < 1.29 is 28.7 Å². The van der Waals surface area contributed by atoms with Crippen molar-refractivity contribution >= 4 is 51.8 Å². The number of ether oxygens (including phenoxy) is 2. The van der Waals surface area contributed by atoms with Gasteiger partial charge in [0.2, 0.25) is 5.91 Å². The molecule has 3 fully saturated rings. The van der Waals surface area contributed by atoms with Crippen LogP contribution in [0.1, 0.15) is 119 Å². The number of nitrogens with one attached hydrogen (secondary N) is 3. The number of likely N-dealkylation sites (tertiary alicyclic amines) is 2. The number of hydrogen-bond acceptors (Lipinski definition) is 10. The van der Waals surface area contributed by atoms with Gasteiger partial charge in [-0.1, -0.05) is 39.8 Å². The fourth-order valence-electron chi connectivity index (χ4n) is 9.62. The largest absolute Gasteiger partial charge is 0.453 e. The molecule has 0 bridgehead atoms. The van der Waals surface area contributed by atoms with Crippen LogP contribution in [0.2, 0.25) is 0 Å². The number of amides is 4. The molecule has 5 heterocycles. The maximum absolute atomic E-state index is 13.8. The van der Waals surface area contributed by atoms with Crippen LogP contribution >= 0.6 is 0 Å². The van der Waals surface area contributed by atoms with Crippen LogP contribution in [0, 0.1) is 23.2 Å². The fourth-order valence-corrected chi connectivity index (χ4v) is 9.62. The molecule has 0 spiro atoms. The summed E-state index contributed by atoms with van der Waals surface area (Å²) in [7, 11) is 1.29. The third kappa shape index (κ3) is 8.11. The van der Waals surface area contributed by atoms with Gasteiger partial charge < -0.3 is 45.2 Å². The molecular weight excluding hydrogens is 789 g/mol. The summed E-state index contributed by atoms with van der Waals surface area (Å²) in [5.74, 6) is 0.590. The fraction of sp³-hybridized carbons (Fsp3) is 0.457. The number of nitriles is 1. The molecule has 8 rings (SSSR count). The zero-order valence-electron chi connectivity index (χ0n) is 35.8. The van der Waals surface area contributed by atoms with Gasteiger partial charge in [-0.25, -0.2) is 19.6 Å². The number of benzene rings is 3. The van der Waals surface area contributed by atoms with Crippen molar-refractivity contribution in [2.75, 3.05) is 25.1 Å². The number of aromatic nitrogens is 4. The number of nitrogens with two attached hydrogens (primary N) is 1. The van der Waals surface area contributed by atoms with E-state index in [0.29, 0.717) is 30.3 Å². The summed E-state index contributed by atoms with van der Waals surface area (Å²) in [4.78, 5) is 74.3. The molecule has 324 valence electrons. The number of alkyl carbamates (subject to hydrolysis) is 1. The number of fused-ring (bicyclic) bond motifs is 2.